The Morgan fingerprint density at radius 2 is 2.14 bits per heavy atom. The van der Waals surface area contributed by atoms with Crippen molar-refractivity contribution in [2.45, 2.75) is 0 Å². The van der Waals surface area contributed by atoms with Crippen LogP contribution in [0.15, 0.2) is 0 Å². The highest BCUT2D eigenvalue weighted by atomic mass is 35.5. The maximum atomic E-state index is 13.0. The first-order valence-corrected chi connectivity index (χ1v) is 4.41. The van der Waals surface area contributed by atoms with Gasteiger partial charge in [-0.2, -0.15) is 9.37 Å². The van der Waals surface area contributed by atoms with Gasteiger partial charge in [-0.3, -0.25) is 5.32 Å². The van der Waals surface area contributed by atoms with E-state index in [0.29, 0.717) is 0 Å². The molecule has 1 heterocycles. The second kappa shape index (κ2) is 4.63. The fourth-order valence-corrected chi connectivity index (χ4v) is 1.12. The zero-order chi connectivity index (χ0) is 10.7. The average molecular weight is 240 g/mol. The molecule has 0 atom stereocenters. The van der Waals surface area contributed by atoms with E-state index in [9.17, 15) is 4.39 Å². The minimum atomic E-state index is -0.903. The number of rotatable bonds is 3. The van der Waals surface area contributed by atoms with Crippen LogP contribution in [0.4, 0.5) is 10.1 Å². The van der Waals surface area contributed by atoms with Gasteiger partial charge in [-0.05, 0) is 7.05 Å². The molecule has 0 spiro atoms. The Hall–Kier alpha value is -0.780. The number of nitrogens with one attached hydrogen (secondary N) is 1. The molecular formula is C7H8Cl2FN3O. The lowest BCUT2D eigenvalue weighted by Gasteiger charge is -2.08. The number of nitrogen functional groups attached to an aromatic ring is 1. The van der Waals surface area contributed by atoms with Gasteiger partial charge >= 0.3 is 0 Å². The third kappa shape index (κ3) is 2.17. The quantitative estimate of drug-likeness (QED) is 0.623. The molecule has 0 radical (unpaired) electrons. The van der Waals surface area contributed by atoms with Crippen LogP contribution in [0.25, 0.3) is 0 Å². The molecule has 1 aromatic heterocycles. The van der Waals surface area contributed by atoms with Crippen molar-refractivity contribution in [2.24, 2.45) is 0 Å². The molecule has 0 fully saturated rings. The Morgan fingerprint density at radius 3 is 2.71 bits per heavy atom. The van der Waals surface area contributed by atoms with Crippen molar-refractivity contribution in [3.63, 3.8) is 0 Å². The number of halogens is 3. The number of anilines is 1. The molecule has 0 aliphatic rings. The van der Waals surface area contributed by atoms with Crippen molar-refractivity contribution < 1.29 is 9.13 Å². The summed E-state index contributed by atoms with van der Waals surface area (Å²) in [5.41, 5.74) is 5.33. The van der Waals surface area contributed by atoms with Crippen molar-refractivity contribution in [1.29, 1.82) is 0 Å². The maximum Gasteiger partial charge on any atom is 0.238 e. The molecule has 78 valence electrons. The zero-order valence-electron chi connectivity index (χ0n) is 7.27. The van der Waals surface area contributed by atoms with Gasteiger partial charge in [0.1, 0.15) is 16.8 Å². The molecule has 0 saturated heterocycles. The molecule has 14 heavy (non-hydrogen) atoms. The Labute approximate surface area is 90.2 Å². The van der Waals surface area contributed by atoms with Gasteiger partial charge in [-0.25, -0.2) is 0 Å². The topological polar surface area (TPSA) is 60.2 Å². The van der Waals surface area contributed by atoms with E-state index >= 15 is 0 Å². The van der Waals surface area contributed by atoms with Crippen LogP contribution >= 0.6 is 23.2 Å². The fourth-order valence-electron chi connectivity index (χ4n) is 0.746. The average Bonchev–Trinajstić information content (AvgIpc) is 2.18. The summed E-state index contributed by atoms with van der Waals surface area (Å²) in [5, 5.41) is 2.39. The van der Waals surface area contributed by atoms with E-state index in [2.05, 4.69) is 10.3 Å². The van der Waals surface area contributed by atoms with Crippen molar-refractivity contribution in [2.75, 3.05) is 19.5 Å². The smallest absolute Gasteiger partial charge is 0.238 e. The Bertz CT molecular complexity index is 348. The highest BCUT2D eigenvalue weighted by Gasteiger charge is 2.15. The first-order valence-electron chi connectivity index (χ1n) is 3.65. The highest BCUT2D eigenvalue weighted by Crippen LogP contribution is 2.34. The molecule has 3 N–H and O–H groups in total. The Morgan fingerprint density at radius 1 is 1.50 bits per heavy atom. The third-order valence-corrected chi connectivity index (χ3v) is 2.12. The van der Waals surface area contributed by atoms with E-state index < -0.39 is 5.95 Å². The molecule has 4 nitrogen and oxygen atoms in total. The predicted octanol–water partition coefficient (Wildman–Crippen LogP) is 1.67. The molecular weight excluding hydrogens is 232 g/mol. The van der Waals surface area contributed by atoms with E-state index in [-0.39, 0.29) is 28.3 Å². The molecule has 0 unspecified atom stereocenters. The van der Waals surface area contributed by atoms with E-state index in [4.69, 9.17) is 33.7 Å². The van der Waals surface area contributed by atoms with E-state index in [1.807, 2.05) is 0 Å². The minimum Gasteiger partial charge on any atom is -0.461 e. The highest BCUT2D eigenvalue weighted by molar-refractivity contribution is 6.39. The molecule has 1 aromatic rings. The lowest BCUT2D eigenvalue weighted by Crippen LogP contribution is -2.15. The fraction of sp³-hybridized carbons (Fsp3) is 0.286. The van der Waals surface area contributed by atoms with E-state index in [1.165, 1.54) is 0 Å². The molecule has 0 aromatic carbocycles. The number of hydrogen-bond acceptors (Lipinski definition) is 4. The van der Waals surface area contributed by atoms with Gasteiger partial charge in [0.2, 0.25) is 11.8 Å². The molecule has 7 heteroatoms. The molecule has 0 aliphatic heterocycles. The van der Waals surface area contributed by atoms with Crippen LogP contribution in [0.1, 0.15) is 0 Å². The van der Waals surface area contributed by atoms with Crippen molar-refractivity contribution >= 4 is 28.9 Å². The summed E-state index contributed by atoms with van der Waals surface area (Å²) in [7, 11) is 1.66. The lowest BCUT2D eigenvalue weighted by atomic mass is 10.4. The second-order valence-electron chi connectivity index (χ2n) is 2.39. The number of nitrogens with zero attached hydrogens (tertiary/aromatic N) is 1. The Kier molecular flexibility index (Phi) is 3.74. The van der Waals surface area contributed by atoms with Crippen LogP contribution in [-0.4, -0.2) is 18.8 Å². The van der Waals surface area contributed by atoms with Crippen LogP contribution in [0.5, 0.6) is 5.88 Å². The summed E-state index contributed by atoms with van der Waals surface area (Å²) < 4.78 is 17.9. The second-order valence-corrected chi connectivity index (χ2v) is 3.15. The minimum absolute atomic E-state index is 0.00616. The van der Waals surface area contributed by atoms with Crippen molar-refractivity contribution in [3.05, 3.63) is 16.0 Å². The van der Waals surface area contributed by atoms with Gasteiger partial charge in [0, 0.05) is 0 Å². The number of nitrogens with two attached hydrogens (primary N) is 1. The first-order chi connectivity index (χ1) is 6.57. The summed E-state index contributed by atoms with van der Waals surface area (Å²) in [5.74, 6) is -0.986. The standard InChI is InChI=1S/C7H8Cl2FN3O/c1-12-2-14-7-4(9)5(11)3(8)6(10)13-7/h12H,2H2,1H3,(H2,11,13). The number of hydrogen-bond donors (Lipinski definition) is 2. The number of aromatic nitrogens is 1. The van der Waals surface area contributed by atoms with Gasteiger partial charge in [-0.1, -0.05) is 23.2 Å². The van der Waals surface area contributed by atoms with Gasteiger partial charge in [0.15, 0.2) is 0 Å². The Balaban J connectivity index is 3.06. The zero-order valence-corrected chi connectivity index (χ0v) is 8.79. The van der Waals surface area contributed by atoms with Crippen LogP contribution in [-0.2, 0) is 0 Å². The number of pyridine rings is 1. The number of ether oxygens (including phenoxy) is 1. The summed E-state index contributed by atoms with van der Waals surface area (Å²) in [6.45, 7) is 0.146. The molecule has 0 aliphatic carbocycles. The van der Waals surface area contributed by atoms with Gasteiger partial charge < -0.3 is 10.5 Å². The van der Waals surface area contributed by atoms with Crippen LogP contribution in [0.2, 0.25) is 10.0 Å². The summed E-state index contributed by atoms with van der Waals surface area (Å²) in [4.78, 5) is 3.40. The monoisotopic (exact) mass is 239 g/mol. The SMILES string of the molecule is CNCOc1nc(F)c(Cl)c(N)c1Cl. The maximum absolute atomic E-state index is 13.0. The predicted molar refractivity (Wildman–Crippen MR) is 53.2 cm³/mol. The third-order valence-electron chi connectivity index (χ3n) is 1.39. The van der Waals surface area contributed by atoms with Gasteiger partial charge in [0.05, 0.1) is 5.69 Å². The van der Waals surface area contributed by atoms with Crippen molar-refractivity contribution in [3.8, 4) is 5.88 Å². The largest absolute Gasteiger partial charge is 0.461 e. The molecule has 0 bridgehead atoms. The summed E-state index contributed by atoms with van der Waals surface area (Å²) >= 11 is 11.2. The molecule has 0 saturated carbocycles. The van der Waals surface area contributed by atoms with Gasteiger partial charge in [-0.15, -0.1) is 0 Å². The summed E-state index contributed by atoms with van der Waals surface area (Å²) in [6, 6.07) is 0. The van der Waals surface area contributed by atoms with Crippen LogP contribution < -0.4 is 15.8 Å². The van der Waals surface area contributed by atoms with Crippen LogP contribution in [0, 0.1) is 5.95 Å². The van der Waals surface area contributed by atoms with Crippen LogP contribution in [0.3, 0.4) is 0 Å². The van der Waals surface area contributed by atoms with E-state index in [1.54, 1.807) is 7.05 Å². The normalized spacial score (nSPS) is 10.3. The van der Waals surface area contributed by atoms with Crippen molar-refractivity contribution in [1.82, 2.24) is 10.3 Å². The first kappa shape index (κ1) is 11.3. The lowest BCUT2D eigenvalue weighted by molar-refractivity contribution is 0.281. The molecule has 1 rings (SSSR count). The van der Waals surface area contributed by atoms with E-state index in [0.717, 1.165) is 0 Å². The van der Waals surface area contributed by atoms with Gasteiger partial charge in [0.25, 0.3) is 0 Å². The molecule has 0 amide bonds. The summed E-state index contributed by atoms with van der Waals surface area (Å²) in [6.07, 6.45) is 0.